The summed E-state index contributed by atoms with van der Waals surface area (Å²) in [6.07, 6.45) is -4.55. The Hall–Kier alpha value is -2.48. The van der Waals surface area contributed by atoms with Crippen LogP contribution in [0.25, 0.3) is 0 Å². The van der Waals surface area contributed by atoms with Gasteiger partial charge in [-0.25, -0.2) is 0 Å². The van der Waals surface area contributed by atoms with Crippen molar-refractivity contribution < 1.29 is 17.9 Å². The highest BCUT2D eigenvalue weighted by Gasteiger charge is 2.31. The molecule has 108 valence electrons. The Morgan fingerprint density at radius 3 is 2.33 bits per heavy atom. The lowest BCUT2D eigenvalue weighted by molar-refractivity contribution is -0.137. The van der Waals surface area contributed by atoms with Gasteiger partial charge in [-0.15, -0.1) is 0 Å². The Kier molecular flexibility index (Phi) is 4.49. The quantitative estimate of drug-likeness (QED) is 0.839. The fourth-order valence-corrected chi connectivity index (χ4v) is 1.84. The van der Waals surface area contributed by atoms with Gasteiger partial charge in [-0.2, -0.15) is 18.4 Å². The summed E-state index contributed by atoms with van der Waals surface area (Å²) in [6.45, 7) is 0.175. The molecule has 0 saturated heterocycles. The van der Waals surface area contributed by atoms with Crippen LogP contribution in [0, 0.1) is 11.3 Å². The number of halogens is 3. The number of alkyl halides is 3. The van der Waals surface area contributed by atoms with Crippen molar-refractivity contribution in [2.45, 2.75) is 19.2 Å². The summed E-state index contributed by atoms with van der Waals surface area (Å²) in [7, 11) is 0. The summed E-state index contributed by atoms with van der Waals surface area (Å²) < 4.78 is 43.8. The lowest BCUT2D eigenvalue weighted by Crippen LogP contribution is -2.07. The number of ether oxygens (including phenoxy) is 1. The van der Waals surface area contributed by atoms with Gasteiger partial charge in [0.25, 0.3) is 0 Å². The van der Waals surface area contributed by atoms with Crippen molar-refractivity contribution >= 4 is 0 Å². The molecule has 0 atom stereocenters. The molecule has 0 aliphatic heterocycles. The number of nitrogens with zero attached hydrogens (tertiary/aromatic N) is 1. The minimum Gasteiger partial charge on any atom is -0.489 e. The van der Waals surface area contributed by atoms with Crippen LogP contribution in [0.4, 0.5) is 13.2 Å². The summed E-state index contributed by atoms with van der Waals surface area (Å²) in [5.41, 5.74) is 0.338. The molecule has 0 heterocycles. The molecule has 0 aliphatic rings. The number of hydrogen-bond donors (Lipinski definition) is 0. The highest BCUT2D eigenvalue weighted by molar-refractivity contribution is 5.37. The van der Waals surface area contributed by atoms with E-state index in [0.29, 0.717) is 0 Å². The molecule has 0 bridgehead atoms. The van der Waals surface area contributed by atoms with Crippen LogP contribution in [0.2, 0.25) is 0 Å². The molecular weight excluding hydrogens is 279 g/mol. The zero-order valence-electron chi connectivity index (χ0n) is 11.0. The molecule has 0 aliphatic carbocycles. The standard InChI is InChI=1S/C16H12F3NO/c17-16(18,19)14-8-13(6-7-20)9-15(10-14)21-11-12-4-2-1-3-5-12/h1-5,8-10H,6,11H2. The van der Waals surface area contributed by atoms with E-state index in [0.717, 1.165) is 17.7 Å². The molecule has 2 aromatic carbocycles. The molecule has 2 rings (SSSR count). The fraction of sp³-hybridized carbons (Fsp3) is 0.188. The topological polar surface area (TPSA) is 33.0 Å². The van der Waals surface area contributed by atoms with Crippen molar-refractivity contribution in [2.24, 2.45) is 0 Å². The monoisotopic (exact) mass is 291 g/mol. The van der Waals surface area contributed by atoms with Crippen molar-refractivity contribution in [1.29, 1.82) is 5.26 Å². The lowest BCUT2D eigenvalue weighted by atomic mass is 10.1. The van der Waals surface area contributed by atoms with E-state index in [4.69, 9.17) is 10.00 Å². The van der Waals surface area contributed by atoms with Crippen molar-refractivity contribution in [2.75, 3.05) is 0 Å². The molecule has 0 radical (unpaired) electrons. The first-order valence-electron chi connectivity index (χ1n) is 6.24. The second-order valence-electron chi connectivity index (χ2n) is 4.47. The molecule has 0 spiro atoms. The Balaban J connectivity index is 2.22. The van der Waals surface area contributed by atoms with Crippen LogP contribution in [0.15, 0.2) is 48.5 Å². The normalized spacial score (nSPS) is 11.0. The summed E-state index contributed by atoms with van der Waals surface area (Å²) in [6, 6.07) is 14.4. The molecule has 5 heteroatoms. The molecule has 0 amide bonds. The maximum atomic E-state index is 12.8. The molecule has 21 heavy (non-hydrogen) atoms. The zero-order chi connectivity index (χ0) is 15.3. The predicted molar refractivity (Wildman–Crippen MR) is 71.5 cm³/mol. The average molecular weight is 291 g/mol. The Morgan fingerprint density at radius 1 is 1.00 bits per heavy atom. The van der Waals surface area contributed by atoms with Gasteiger partial charge in [-0.1, -0.05) is 30.3 Å². The van der Waals surface area contributed by atoms with Gasteiger partial charge in [0.15, 0.2) is 0 Å². The van der Waals surface area contributed by atoms with E-state index < -0.39 is 11.7 Å². The Bertz CT molecular complexity index is 645. The maximum Gasteiger partial charge on any atom is 0.416 e. The summed E-state index contributed by atoms with van der Waals surface area (Å²) >= 11 is 0. The van der Waals surface area contributed by atoms with Gasteiger partial charge in [0.1, 0.15) is 12.4 Å². The zero-order valence-corrected chi connectivity index (χ0v) is 11.0. The van der Waals surface area contributed by atoms with E-state index in [1.807, 2.05) is 36.4 Å². The van der Waals surface area contributed by atoms with E-state index in [9.17, 15) is 13.2 Å². The highest BCUT2D eigenvalue weighted by atomic mass is 19.4. The van der Waals surface area contributed by atoms with E-state index >= 15 is 0 Å². The Labute approximate surface area is 120 Å². The molecule has 0 unspecified atom stereocenters. The van der Waals surface area contributed by atoms with Crippen molar-refractivity contribution in [3.8, 4) is 11.8 Å². The van der Waals surface area contributed by atoms with Gasteiger partial charge in [0.05, 0.1) is 18.1 Å². The molecular formula is C16H12F3NO. The fourth-order valence-electron chi connectivity index (χ4n) is 1.84. The molecule has 0 aromatic heterocycles. The first-order chi connectivity index (χ1) is 9.99. The van der Waals surface area contributed by atoms with E-state index in [-0.39, 0.29) is 24.3 Å². The number of nitriles is 1. The van der Waals surface area contributed by atoms with Crippen LogP contribution in [0.1, 0.15) is 16.7 Å². The predicted octanol–water partition coefficient (Wildman–Crippen LogP) is 4.35. The lowest BCUT2D eigenvalue weighted by Gasteiger charge is -2.12. The smallest absolute Gasteiger partial charge is 0.416 e. The van der Waals surface area contributed by atoms with Gasteiger partial charge in [-0.3, -0.25) is 0 Å². The number of rotatable bonds is 4. The van der Waals surface area contributed by atoms with Crippen LogP contribution in [-0.2, 0) is 19.2 Å². The van der Waals surface area contributed by atoms with Gasteiger partial charge >= 0.3 is 6.18 Å². The summed E-state index contributed by atoms with van der Waals surface area (Å²) in [5, 5.41) is 8.64. The number of benzene rings is 2. The van der Waals surface area contributed by atoms with Crippen molar-refractivity contribution in [3.05, 3.63) is 65.2 Å². The van der Waals surface area contributed by atoms with Crippen LogP contribution in [0.3, 0.4) is 0 Å². The summed E-state index contributed by atoms with van der Waals surface area (Å²) in [4.78, 5) is 0. The molecule has 0 saturated carbocycles. The molecule has 2 aromatic rings. The Morgan fingerprint density at radius 2 is 1.71 bits per heavy atom. The van der Waals surface area contributed by atoms with Crippen LogP contribution < -0.4 is 4.74 Å². The maximum absolute atomic E-state index is 12.8. The molecule has 0 N–H and O–H groups in total. The SMILES string of the molecule is N#CCc1cc(OCc2ccccc2)cc(C(F)(F)F)c1. The third-order valence-corrected chi connectivity index (χ3v) is 2.83. The van der Waals surface area contributed by atoms with Gasteiger partial charge < -0.3 is 4.74 Å². The molecule has 2 nitrogen and oxygen atoms in total. The van der Waals surface area contributed by atoms with E-state index in [1.165, 1.54) is 6.07 Å². The van der Waals surface area contributed by atoms with Crippen molar-refractivity contribution in [3.63, 3.8) is 0 Å². The minimum atomic E-state index is -4.46. The van der Waals surface area contributed by atoms with E-state index in [2.05, 4.69) is 0 Å². The molecule has 0 fully saturated rings. The van der Waals surface area contributed by atoms with Gasteiger partial charge in [0, 0.05) is 0 Å². The average Bonchev–Trinajstić information content (AvgIpc) is 2.45. The number of hydrogen-bond acceptors (Lipinski definition) is 2. The van der Waals surface area contributed by atoms with Gasteiger partial charge in [0.2, 0.25) is 0 Å². The van der Waals surface area contributed by atoms with Crippen molar-refractivity contribution in [1.82, 2.24) is 0 Å². The largest absolute Gasteiger partial charge is 0.489 e. The second kappa shape index (κ2) is 6.31. The highest BCUT2D eigenvalue weighted by Crippen LogP contribution is 2.33. The van der Waals surface area contributed by atoms with Gasteiger partial charge in [-0.05, 0) is 29.3 Å². The van der Waals surface area contributed by atoms with Crippen LogP contribution >= 0.6 is 0 Å². The third kappa shape index (κ3) is 4.25. The first kappa shape index (κ1) is 14.9. The van der Waals surface area contributed by atoms with Crippen LogP contribution in [0.5, 0.6) is 5.75 Å². The minimum absolute atomic E-state index is 0.0916. The second-order valence-corrected chi connectivity index (χ2v) is 4.47. The van der Waals surface area contributed by atoms with E-state index in [1.54, 1.807) is 0 Å². The third-order valence-electron chi connectivity index (χ3n) is 2.83. The first-order valence-corrected chi connectivity index (χ1v) is 6.24. The van der Waals surface area contributed by atoms with Crippen LogP contribution in [-0.4, -0.2) is 0 Å². The summed E-state index contributed by atoms with van der Waals surface area (Å²) in [5.74, 6) is 0.110.